The zero-order chi connectivity index (χ0) is 15.1. The summed E-state index contributed by atoms with van der Waals surface area (Å²) < 4.78 is 14.0. The minimum atomic E-state index is -0.607. The molecular formula is C14H23FN4O. The van der Waals surface area contributed by atoms with E-state index in [1.807, 2.05) is 14.0 Å². The summed E-state index contributed by atoms with van der Waals surface area (Å²) in [5, 5.41) is 5.50. The van der Waals surface area contributed by atoms with E-state index in [9.17, 15) is 9.18 Å². The Morgan fingerprint density at radius 3 is 2.80 bits per heavy atom. The highest BCUT2D eigenvalue weighted by Gasteiger charge is 2.15. The molecule has 112 valence electrons. The summed E-state index contributed by atoms with van der Waals surface area (Å²) in [6, 6.07) is 1.79. The molecule has 5 nitrogen and oxygen atoms in total. The van der Waals surface area contributed by atoms with Gasteiger partial charge in [0.15, 0.2) is 11.6 Å². The molecule has 0 aromatic carbocycles. The van der Waals surface area contributed by atoms with E-state index < -0.39 is 11.7 Å². The van der Waals surface area contributed by atoms with Gasteiger partial charge in [-0.15, -0.1) is 0 Å². The van der Waals surface area contributed by atoms with Gasteiger partial charge in [-0.05, 0) is 33.9 Å². The molecule has 0 bridgehead atoms. The van der Waals surface area contributed by atoms with Crippen LogP contribution in [0.15, 0.2) is 12.3 Å². The van der Waals surface area contributed by atoms with Gasteiger partial charge in [0, 0.05) is 31.9 Å². The van der Waals surface area contributed by atoms with Gasteiger partial charge in [0.05, 0.1) is 5.56 Å². The van der Waals surface area contributed by atoms with Gasteiger partial charge in [0.25, 0.3) is 5.91 Å². The van der Waals surface area contributed by atoms with Gasteiger partial charge >= 0.3 is 0 Å². The fourth-order valence-corrected chi connectivity index (χ4v) is 1.61. The predicted octanol–water partition coefficient (Wildman–Crippen LogP) is 1.72. The first-order valence-electron chi connectivity index (χ1n) is 6.84. The number of carbonyl (C=O) groups is 1. The Morgan fingerprint density at radius 1 is 1.50 bits per heavy atom. The molecule has 1 aromatic rings. The molecule has 1 rings (SSSR count). The van der Waals surface area contributed by atoms with Crippen LogP contribution in [-0.4, -0.2) is 48.5 Å². The number of halogens is 1. The van der Waals surface area contributed by atoms with Crippen LogP contribution in [0, 0.1) is 5.82 Å². The molecule has 0 aliphatic carbocycles. The lowest BCUT2D eigenvalue weighted by Gasteiger charge is -2.20. The summed E-state index contributed by atoms with van der Waals surface area (Å²) in [4.78, 5) is 17.9. The average molecular weight is 282 g/mol. The van der Waals surface area contributed by atoms with Crippen molar-refractivity contribution in [1.29, 1.82) is 0 Å². The molecular weight excluding hydrogens is 259 g/mol. The van der Waals surface area contributed by atoms with Crippen molar-refractivity contribution in [2.24, 2.45) is 0 Å². The molecule has 1 aromatic heterocycles. The van der Waals surface area contributed by atoms with Crippen LogP contribution in [0.25, 0.3) is 0 Å². The maximum atomic E-state index is 14.0. The number of anilines is 1. The van der Waals surface area contributed by atoms with Gasteiger partial charge in [-0.3, -0.25) is 4.79 Å². The fraction of sp³-hybridized carbons (Fsp3) is 0.571. The third-order valence-corrected chi connectivity index (χ3v) is 3.11. The van der Waals surface area contributed by atoms with Gasteiger partial charge in [-0.2, -0.15) is 0 Å². The Hall–Kier alpha value is -1.69. The van der Waals surface area contributed by atoms with Crippen molar-refractivity contribution in [3.8, 4) is 0 Å². The minimum absolute atomic E-state index is 0.0168. The number of amides is 1. The third kappa shape index (κ3) is 4.45. The standard InChI is InChI=1S/C14H23FN4O/c1-5-16-13-12(15)11(6-7-17-13)14(20)18-8-9-19(4)10(2)3/h6-7,10H,5,8-9H2,1-4H3,(H,16,17)(H,18,20). The number of hydrogen-bond donors (Lipinski definition) is 2. The van der Waals surface area contributed by atoms with Crippen LogP contribution >= 0.6 is 0 Å². The minimum Gasteiger partial charge on any atom is -0.368 e. The van der Waals surface area contributed by atoms with Gasteiger partial charge in [0.1, 0.15) is 0 Å². The van der Waals surface area contributed by atoms with Crippen LogP contribution in [0.4, 0.5) is 10.2 Å². The van der Waals surface area contributed by atoms with Crippen molar-refractivity contribution in [2.45, 2.75) is 26.8 Å². The van der Waals surface area contributed by atoms with Gasteiger partial charge in [0.2, 0.25) is 0 Å². The molecule has 0 atom stereocenters. The highest BCUT2D eigenvalue weighted by atomic mass is 19.1. The number of carbonyl (C=O) groups excluding carboxylic acids is 1. The zero-order valence-corrected chi connectivity index (χ0v) is 12.5. The summed E-state index contributed by atoms with van der Waals surface area (Å²) in [6.45, 7) is 7.74. The van der Waals surface area contributed by atoms with Crippen LogP contribution in [-0.2, 0) is 0 Å². The summed E-state index contributed by atoms with van der Waals surface area (Å²) in [5.41, 5.74) is 0.0168. The van der Waals surface area contributed by atoms with Crippen molar-refractivity contribution in [3.05, 3.63) is 23.6 Å². The lowest BCUT2D eigenvalue weighted by molar-refractivity contribution is 0.0944. The Morgan fingerprint density at radius 2 is 2.20 bits per heavy atom. The predicted molar refractivity (Wildman–Crippen MR) is 78.5 cm³/mol. The quantitative estimate of drug-likeness (QED) is 0.799. The number of rotatable bonds is 7. The first kappa shape index (κ1) is 16.4. The van der Waals surface area contributed by atoms with Crippen LogP contribution in [0.5, 0.6) is 0 Å². The van der Waals surface area contributed by atoms with Crippen molar-refractivity contribution in [2.75, 3.05) is 32.0 Å². The monoisotopic (exact) mass is 282 g/mol. The Kier molecular flexibility index (Phi) is 6.38. The van der Waals surface area contributed by atoms with Crippen LogP contribution in [0.2, 0.25) is 0 Å². The number of nitrogens with zero attached hydrogens (tertiary/aromatic N) is 2. The Balaban J connectivity index is 2.62. The molecule has 0 fully saturated rings. The first-order chi connectivity index (χ1) is 9.47. The van der Waals surface area contributed by atoms with E-state index in [0.29, 0.717) is 19.1 Å². The average Bonchev–Trinajstić information content (AvgIpc) is 2.41. The van der Waals surface area contributed by atoms with E-state index >= 15 is 0 Å². The van der Waals surface area contributed by atoms with E-state index in [4.69, 9.17) is 0 Å². The van der Waals surface area contributed by atoms with Crippen LogP contribution in [0.3, 0.4) is 0 Å². The van der Waals surface area contributed by atoms with Crippen LogP contribution < -0.4 is 10.6 Å². The van der Waals surface area contributed by atoms with E-state index in [-0.39, 0.29) is 11.4 Å². The second kappa shape index (κ2) is 7.79. The molecule has 1 heterocycles. The molecule has 0 unspecified atom stereocenters. The lowest BCUT2D eigenvalue weighted by atomic mass is 10.2. The zero-order valence-electron chi connectivity index (χ0n) is 12.5. The van der Waals surface area contributed by atoms with Crippen molar-refractivity contribution >= 4 is 11.7 Å². The van der Waals surface area contributed by atoms with Gasteiger partial charge in [-0.25, -0.2) is 9.37 Å². The summed E-state index contributed by atoms with van der Waals surface area (Å²) in [7, 11) is 1.98. The van der Waals surface area contributed by atoms with E-state index in [1.54, 1.807) is 0 Å². The van der Waals surface area contributed by atoms with Gasteiger partial charge < -0.3 is 15.5 Å². The SMILES string of the molecule is CCNc1nccc(C(=O)NCCN(C)C(C)C)c1F. The van der Waals surface area contributed by atoms with Gasteiger partial charge in [-0.1, -0.05) is 0 Å². The Labute approximate surface area is 119 Å². The van der Waals surface area contributed by atoms with Crippen LogP contribution in [0.1, 0.15) is 31.1 Å². The maximum Gasteiger partial charge on any atom is 0.254 e. The number of pyridine rings is 1. The summed E-state index contributed by atoms with van der Waals surface area (Å²) in [5.74, 6) is -0.912. The number of likely N-dealkylation sites (N-methyl/N-ethyl adjacent to an activating group) is 1. The highest BCUT2D eigenvalue weighted by molar-refractivity contribution is 5.95. The van der Waals surface area contributed by atoms with E-state index in [0.717, 1.165) is 6.54 Å². The first-order valence-corrected chi connectivity index (χ1v) is 6.84. The smallest absolute Gasteiger partial charge is 0.254 e. The molecule has 0 aliphatic heterocycles. The second-order valence-electron chi connectivity index (χ2n) is 4.88. The fourth-order valence-electron chi connectivity index (χ4n) is 1.61. The second-order valence-corrected chi connectivity index (χ2v) is 4.88. The molecule has 0 aliphatic rings. The number of aromatic nitrogens is 1. The largest absolute Gasteiger partial charge is 0.368 e. The van der Waals surface area contributed by atoms with Crippen molar-refractivity contribution in [3.63, 3.8) is 0 Å². The topological polar surface area (TPSA) is 57.3 Å². The normalized spacial score (nSPS) is 10.9. The molecule has 6 heteroatoms. The molecule has 0 radical (unpaired) electrons. The molecule has 2 N–H and O–H groups in total. The maximum absolute atomic E-state index is 14.0. The molecule has 1 amide bonds. The summed E-state index contributed by atoms with van der Waals surface area (Å²) >= 11 is 0. The molecule has 0 saturated carbocycles. The highest BCUT2D eigenvalue weighted by Crippen LogP contribution is 2.14. The van der Waals surface area contributed by atoms with Crippen molar-refractivity contribution in [1.82, 2.24) is 15.2 Å². The number of nitrogens with one attached hydrogen (secondary N) is 2. The Bertz CT molecular complexity index is 451. The molecule has 20 heavy (non-hydrogen) atoms. The lowest BCUT2D eigenvalue weighted by Crippen LogP contribution is -2.36. The molecule has 0 spiro atoms. The van der Waals surface area contributed by atoms with Crippen molar-refractivity contribution < 1.29 is 9.18 Å². The molecule has 0 saturated heterocycles. The van der Waals surface area contributed by atoms with E-state index in [2.05, 4.69) is 34.4 Å². The number of hydrogen-bond acceptors (Lipinski definition) is 4. The third-order valence-electron chi connectivity index (χ3n) is 3.11. The van der Waals surface area contributed by atoms with E-state index in [1.165, 1.54) is 12.3 Å². The summed E-state index contributed by atoms with van der Waals surface area (Å²) in [6.07, 6.45) is 1.43.